The number of likely N-dealkylation sites (tertiary alicyclic amines) is 1. The average Bonchev–Trinajstić information content (AvgIpc) is 3.67. The van der Waals surface area contributed by atoms with E-state index in [9.17, 15) is 13.2 Å². The lowest BCUT2D eigenvalue weighted by Crippen LogP contribution is -2.62. The number of carbonyl (C=O) groups excluding carboxylic acids is 1. The number of nitrogens with zero attached hydrogens (tertiary/aromatic N) is 2. The summed E-state index contributed by atoms with van der Waals surface area (Å²) in [6.45, 7) is 7.86. The highest BCUT2D eigenvalue weighted by atomic mass is 35.5. The Morgan fingerprint density at radius 1 is 1.31 bits per heavy atom. The minimum absolute atomic E-state index is 0.000495. The molecular formula is C27H34Cl2N2O3S. The van der Waals surface area contributed by atoms with Crippen molar-refractivity contribution in [3.63, 3.8) is 0 Å². The number of piperidine rings is 1. The molecule has 5 atom stereocenters. The molecule has 0 aromatic carbocycles. The van der Waals surface area contributed by atoms with Crippen molar-refractivity contribution in [2.45, 2.75) is 75.6 Å². The van der Waals surface area contributed by atoms with Crippen LogP contribution in [-0.2, 0) is 14.6 Å². The molecule has 1 aliphatic heterocycles. The minimum atomic E-state index is -3.27. The van der Waals surface area contributed by atoms with E-state index in [4.69, 9.17) is 23.2 Å². The molecule has 2 aliphatic carbocycles. The molecule has 35 heavy (non-hydrogen) atoms. The highest BCUT2D eigenvalue weighted by Crippen LogP contribution is 2.49. The van der Waals surface area contributed by atoms with Crippen LogP contribution in [0.5, 0.6) is 0 Å². The van der Waals surface area contributed by atoms with E-state index in [0.717, 1.165) is 18.4 Å². The first-order valence-corrected chi connectivity index (χ1v) is 14.9. The Balaban J connectivity index is 1.84. The van der Waals surface area contributed by atoms with E-state index in [1.54, 1.807) is 12.3 Å². The van der Waals surface area contributed by atoms with Gasteiger partial charge in [-0.1, -0.05) is 55.3 Å². The zero-order valence-corrected chi connectivity index (χ0v) is 22.7. The van der Waals surface area contributed by atoms with Crippen LogP contribution in [0.3, 0.4) is 0 Å². The summed E-state index contributed by atoms with van der Waals surface area (Å²) in [4.78, 5) is 20.5. The van der Waals surface area contributed by atoms with Gasteiger partial charge in [0.1, 0.15) is 0 Å². The molecule has 5 nitrogen and oxygen atoms in total. The van der Waals surface area contributed by atoms with Gasteiger partial charge in [0.05, 0.1) is 21.4 Å². The molecule has 0 N–H and O–H groups in total. The summed E-state index contributed by atoms with van der Waals surface area (Å²) in [5.74, 6) is -0.0768. The fraction of sp³-hybridized carbons (Fsp3) is 0.556. The number of amides is 1. The summed E-state index contributed by atoms with van der Waals surface area (Å²) >= 11 is 12.6. The number of aromatic nitrogens is 1. The summed E-state index contributed by atoms with van der Waals surface area (Å²) in [6, 6.07) is 1.27. The van der Waals surface area contributed by atoms with Gasteiger partial charge in [-0.05, 0) is 56.2 Å². The molecule has 1 saturated heterocycles. The first-order valence-electron chi connectivity index (χ1n) is 12.4. The third-order valence-corrected chi connectivity index (χ3v) is 10.6. The Labute approximate surface area is 219 Å². The van der Waals surface area contributed by atoms with Crippen molar-refractivity contribution in [3.05, 3.63) is 65.0 Å². The summed E-state index contributed by atoms with van der Waals surface area (Å²) in [5, 5.41) is 0.954. The molecule has 8 heteroatoms. The standard InChI is InChI=1S/C27H34Cl2N2O3S/c1-4-12-27(3)14-24(19-13-21(29)16-30-15-19)25(18-6-8-20(28)9-7-18)31(26(27)32)22(5-2)17-35(33,34)23-10-11-23/h4,6,8-9,13,15-16,18,22-25H,1,5,7,10-12,14,17H2,2-3H3. The Morgan fingerprint density at radius 3 is 2.63 bits per heavy atom. The number of sulfone groups is 1. The molecule has 1 amide bonds. The van der Waals surface area contributed by atoms with Gasteiger partial charge in [-0.2, -0.15) is 0 Å². The number of allylic oxidation sites excluding steroid dienone is 4. The fourth-order valence-corrected chi connectivity index (χ4v) is 8.18. The first-order chi connectivity index (χ1) is 16.6. The zero-order valence-electron chi connectivity index (χ0n) is 20.4. The van der Waals surface area contributed by atoms with Gasteiger partial charge in [0.25, 0.3) is 0 Å². The van der Waals surface area contributed by atoms with Gasteiger partial charge in [-0.15, -0.1) is 6.58 Å². The monoisotopic (exact) mass is 536 g/mol. The van der Waals surface area contributed by atoms with E-state index in [2.05, 4.69) is 17.6 Å². The highest BCUT2D eigenvalue weighted by Gasteiger charge is 2.53. The fourth-order valence-electron chi connectivity index (χ4n) is 5.77. The third-order valence-electron chi connectivity index (χ3n) is 7.75. The van der Waals surface area contributed by atoms with Crippen LogP contribution < -0.4 is 0 Å². The number of pyridine rings is 1. The van der Waals surface area contributed by atoms with Crippen molar-refractivity contribution in [2.75, 3.05) is 5.75 Å². The molecule has 2 fully saturated rings. The van der Waals surface area contributed by atoms with Crippen LogP contribution in [0.15, 0.2) is 54.4 Å². The lowest BCUT2D eigenvalue weighted by atomic mass is 9.65. The molecule has 2 heterocycles. The SMILES string of the molecule is C=CCC1(C)CC(c2cncc(Cl)c2)C(C2C=CC(Cl)=CC2)N(C(CC)CS(=O)(=O)C2CC2)C1=O. The molecule has 0 radical (unpaired) electrons. The largest absolute Gasteiger partial charge is 0.334 e. The molecule has 1 saturated carbocycles. The zero-order chi connectivity index (χ0) is 25.4. The van der Waals surface area contributed by atoms with Crippen molar-refractivity contribution in [2.24, 2.45) is 11.3 Å². The van der Waals surface area contributed by atoms with Gasteiger partial charge >= 0.3 is 0 Å². The van der Waals surface area contributed by atoms with Crippen LogP contribution in [-0.4, -0.2) is 47.3 Å². The highest BCUT2D eigenvalue weighted by molar-refractivity contribution is 7.92. The van der Waals surface area contributed by atoms with Crippen molar-refractivity contribution >= 4 is 38.9 Å². The molecule has 1 aromatic heterocycles. The van der Waals surface area contributed by atoms with Crippen molar-refractivity contribution in [3.8, 4) is 0 Å². The van der Waals surface area contributed by atoms with Crippen LogP contribution in [0.1, 0.15) is 63.9 Å². The first kappa shape index (κ1) is 26.4. The average molecular weight is 538 g/mol. The van der Waals surface area contributed by atoms with Gasteiger partial charge in [0, 0.05) is 41.3 Å². The molecule has 4 rings (SSSR count). The van der Waals surface area contributed by atoms with Crippen LogP contribution in [0, 0.1) is 11.3 Å². The van der Waals surface area contributed by atoms with Crippen molar-refractivity contribution in [1.82, 2.24) is 9.88 Å². The number of rotatable bonds is 9. The summed E-state index contributed by atoms with van der Waals surface area (Å²) in [7, 11) is -3.27. The van der Waals surface area contributed by atoms with Crippen LogP contribution in [0.2, 0.25) is 5.02 Å². The van der Waals surface area contributed by atoms with Crippen molar-refractivity contribution < 1.29 is 13.2 Å². The normalized spacial score (nSPS) is 30.2. The smallest absolute Gasteiger partial charge is 0.229 e. The van der Waals surface area contributed by atoms with Gasteiger partial charge in [-0.3, -0.25) is 9.78 Å². The molecule has 5 unspecified atom stereocenters. The predicted octanol–water partition coefficient (Wildman–Crippen LogP) is 6.06. The summed E-state index contributed by atoms with van der Waals surface area (Å²) < 4.78 is 26.2. The molecular weight excluding hydrogens is 503 g/mol. The molecule has 0 spiro atoms. The van der Waals surface area contributed by atoms with E-state index in [1.807, 2.05) is 43.2 Å². The number of hydrogen-bond donors (Lipinski definition) is 0. The van der Waals surface area contributed by atoms with Crippen LogP contribution >= 0.6 is 23.2 Å². The second-order valence-electron chi connectivity index (χ2n) is 10.4. The Kier molecular flexibility index (Phi) is 7.85. The van der Waals surface area contributed by atoms with Gasteiger partial charge < -0.3 is 4.90 Å². The minimum Gasteiger partial charge on any atom is -0.334 e. The maximum absolute atomic E-state index is 14.2. The number of hydrogen-bond acceptors (Lipinski definition) is 4. The van der Waals surface area contributed by atoms with Crippen LogP contribution in [0.25, 0.3) is 0 Å². The second-order valence-corrected chi connectivity index (χ2v) is 13.6. The summed E-state index contributed by atoms with van der Waals surface area (Å²) in [6.07, 6.45) is 14.9. The molecule has 0 bridgehead atoms. The third kappa shape index (κ3) is 5.55. The second kappa shape index (κ2) is 10.4. The van der Waals surface area contributed by atoms with E-state index >= 15 is 0 Å². The van der Waals surface area contributed by atoms with E-state index in [1.165, 1.54) is 0 Å². The molecule has 1 aromatic rings. The Hall–Kier alpha value is -1.63. The van der Waals surface area contributed by atoms with Crippen LogP contribution in [0.4, 0.5) is 0 Å². The molecule has 3 aliphatic rings. The van der Waals surface area contributed by atoms with E-state index in [0.29, 0.717) is 35.7 Å². The number of halogens is 2. The van der Waals surface area contributed by atoms with Gasteiger partial charge in [0.2, 0.25) is 5.91 Å². The van der Waals surface area contributed by atoms with Gasteiger partial charge in [-0.25, -0.2) is 8.42 Å². The lowest BCUT2D eigenvalue weighted by molar-refractivity contribution is -0.155. The quantitative estimate of drug-likeness (QED) is 0.360. The topological polar surface area (TPSA) is 67.3 Å². The Bertz CT molecular complexity index is 1140. The van der Waals surface area contributed by atoms with E-state index < -0.39 is 21.3 Å². The van der Waals surface area contributed by atoms with Gasteiger partial charge in [0.15, 0.2) is 9.84 Å². The van der Waals surface area contributed by atoms with E-state index in [-0.39, 0.29) is 34.8 Å². The maximum Gasteiger partial charge on any atom is 0.229 e. The maximum atomic E-state index is 14.2. The number of carbonyl (C=O) groups is 1. The predicted molar refractivity (Wildman–Crippen MR) is 142 cm³/mol. The Morgan fingerprint density at radius 2 is 2.06 bits per heavy atom. The van der Waals surface area contributed by atoms with Crippen molar-refractivity contribution in [1.29, 1.82) is 0 Å². The lowest BCUT2D eigenvalue weighted by Gasteiger charge is -2.53. The molecule has 190 valence electrons. The summed E-state index contributed by atoms with van der Waals surface area (Å²) in [5.41, 5.74) is 0.262.